The smallest absolute Gasteiger partial charge is 0.160 e. The molecule has 0 spiro atoms. The van der Waals surface area contributed by atoms with E-state index < -0.39 is 0 Å². The fourth-order valence-corrected chi connectivity index (χ4v) is 4.96. The molecule has 2 aliphatic rings. The molecule has 2 saturated carbocycles. The maximum absolute atomic E-state index is 11.5. The van der Waals surface area contributed by atoms with E-state index in [9.17, 15) is 4.79 Å². The van der Waals surface area contributed by atoms with Crippen LogP contribution in [0, 0.1) is 16.7 Å². The standard InChI is InChI=1S/C18H23BrO2/c1-11(20)14-6-5-13(10-15(14)19)21-16-9-12-7-8-18(16,4)17(12,2)3/h5-6,10,12,16H,7-9H2,1-4H3. The van der Waals surface area contributed by atoms with E-state index in [1.54, 1.807) is 6.92 Å². The Morgan fingerprint density at radius 2 is 2.05 bits per heavy atom. The van der Waals surface area contributed by atoms with E-state index in [-0.39, 0.29) is 17.3 Å². The number of halogens is 1. The lowest BCUT2D eigenvalue weighted by molar-refractivity contribution is 0.0301. The van der Waals surface area contributed by atoms with Crippen LogP contribution >= 0.6 is 15.9 Å². The number of hydrogen-bond acceptors (Lipinski definition) is 2. The molecule has 2 nitrogen and oxygen atoms in total. The molecule has 3 unspecified atom stereocenters. The Morgan fingerprint density at radius 3 is 2.52 bits per heavy atom. The van der Waals surface area contributed by atoms with Gasteiger partial charge in [0.25, 0.3) is 0 Å². The van der Waals surface area contributed by atoms with Crippen LogP contribution in [0.15, 0.2) is 22.7 Å². The number of carbonyl (C=O) groups excluding carboxylic acids is 1. The fourth-order valence-electron chi connectivity index (χ4n) is 4.33. The second kappa shape index (κ2) is 4.84. The Hall–Kier alpha value is -0.830. The average molecular weight is 351 g/mol. The summed E-state index contributed by atoms with van der Waals surface area (Å²) in [6.07, 6.45) is 4.01. The largest absolute Gasteiger partial charge is 0.490 e. The van der Waals surface area contributed by atoms with Crippen molar-refractivity contribution in [2.75, 3.05) is 0 Å². The molecule has 2 aliphatic carbocycles. The van der Waals surface area contributed by atoms with E-state index in [0.29, 0.717) is 11.0 Å². The van der Waals surface area contributed by atoms with Crippen LogP contribution in [0.2, 0.25) is 0 Å². The first-order chi connectivity index (χ1) is 9.75. The fraction of sp³-hybridized carbons (Fsp3) is 0.611. The average Bonchev–Trinajstić information content (AvgIpc) is 2.71. The number of hydrogen-bond donors (Lipinski definition) is 0. The van der Waals surface area contributed by atoms with Crippen molar-refractivity contribution in [2.45, 2.75) is 53.1 Å². The Balaban J connectivity index is 1.83. The lowest BCUT2D eigenvalue weighted by Crippen LogP contribution is -2.38. The van der Waals surface area contributed by atoms with Crippen LogP contribution in [0.1, 0.15) is 57.3 Å². The first-order valence-electron chi connectivity index (χ1n) is 7.73. The predicted octanol–water partition coefficient (Wildman–Crippen LogP) is 5.25. The van der Waals surface area contributed by atoms with Crippen molar-refractivity contribution in [1.29, 1.82) is 0 Å². The molecule has 3 rings (SSSR count). The molecule has 0 N–H and O–H groups in total. The van der Waals surface area contributed by atoms with Crippen LogP contribution in [0.4, 0.5) is 0 Å². The normalized spacial score (nSPS) is 33.2. The Morgan fingerprint density at radius 1 is 1.33 bits per heavy atom. The number of ketones is 1. The molecule has 2 bridgehead atoms. The van der Waals surface area contributed by atoms with Crippen LogP contribution in [0.5, 0.6) is 5.75 Å². The summed E-state index contributed by atoms with van der Waals surface area (Å²) in [5, 5.41) is 0. The molecule has 3 heteroatoms. The molecular weight excluding hydrogens is 328 g/mol. The van der Waals surface area contributed by atoms with Gasteiger partial charge in [-0.2, -0.15) is 0 Å². The van der Waals surface area contributed by atoms with Gasteiger partial charge in [-0.25, -0.2) is 0 Å². The van der Waals surface area contributed by atoms with Crippen molar-refractivity contribution in [3.05, 3.63) is 28.2 Å². The van der Waals surface area contributed by atoms with Gasteiger partial charge in [-0.3, -0.25) is 4.79 Å². The van der Waals surface area contributed by atoms with Crippen molar-refractivity contribution in [3.8, 4) is 5.75 Å². The van der Waals surface area contributed by atoms with Gasteiger partial charge in [-0.15, -0.1) is 0 Å². The summed E-state index contributed by atoms with van der Waals surface area (Å²) in [4.78, 5) is 11.5. The van der Waals surface area contributed by atoms with Gasteiger partial charge in [0.1, 0.15) is 11.9 Å². The second-order valence-electron chi connectivity index (χ2n) is 7.41. The van der Waals surface area contributed by atoms with Gasteiger partial charge in [0, 0.05) is 15.5 Å². The van der Waals surface area contributed by atoms with Crippen molar-refractivity contribution in [3.63, 3.8) is 0 Å². The zero-order chi connectivity index (χ0) is 15.4. The molecule has 0 aliphatic heterocycles. The van der Waals surface area contributed by atoms with Crippen molar-refractivity contribution in [1.82, 2.24) is 0 Å². The number of benzene rings is 1. The highest BCUT2D eigenvalue weighted by atomic mass is 79.9. The van der Waals surface area contributed by atoms with Crippen LogP contribution < -0.4 is 4.74 Å². The van der Waals surface area contributed by atoms with Crippen LogP contribution in [-0.2, 0) is 0 Å². The SMILES string of the molecule is CC(=O)c1ccc(OC2CC3CCC2(C)C3(C)C)cc1Br. The minimum absolute atomic E-state index is 0.0708. The van der Waals surface area contributed by atoms with Gasteiger partial charge in [-0.1, -0.05) is 20.8 Å². The lowest BCUT2D eigenvalue weighted by Gasteiger charge is -2.38. The van der Waals surface area contributed by atoms with Gasteiger partial charge < -0.3 is 4.74 Å². The van der Waals surface area contributed by atoms with Gasteiger partial charge in [0.05, 0.1) is 0 Å². The maximum Gasteiger partial charge on any atom is 0.160 e. The minimum atomic E-state index is 0.0708. The zero-order valence-corrected chi connectivity index (χ0v) is 14.8. The summed E-state index contributed by atoms with van der Waals surface area (Å²) in [5.41, 5.74) is 1.32. The van der Waals surface area contributed by atoms with E-state index >= 15 is 0 Å². The first kappa shape index (κ1) is 15.1. The van der Waals surface area contributed by atoms with Crippen LogP contribution in [-0.4, -0.2) is 11.9 Å². The van der Waals surface area contributed by atoms with E-state index in [2.05, 4.69) is 36.7 Å². The summed E-state index contributed by atoms with van der Waals surface area (Å²) in [6, 6.07) is 5.70. The monoisotopic (exact) mass is 350 g/mol. The summed E-state index contributed by atoms with van der Waals surface area (Å²) in [6.45, 7) is 8.75. The molecule has 3 atom stereocenters. The zero-order valence-electron chi connectivity index (χ0n) is 13.2. The molecule has 21 heavy (non-hydrogen) atoms. The quantitative estimate of drug-likeness (QED) is 0.696. The van der Waals surface area contributed by atoms with Crippen LogP contribution in [0.3, 0.4) is 0 Å². The molecule has 0 heterocycles. The molecule has 1 aromatic rings. The molecule has 114 valence electrons. The number of carbonyl (C=O) groups is 1. The van der Waals surface area contributed by atoms with Crippen LogP contribution in [0.25, 0.3) is 0 Å². The highest BCUT2D eigenvalue weighted by Crippen LogP contribution is 2.66. The second-order valence-corrected chi connectivity index (χ2v) is 8.27. The predicted molar refractivity (Wildman–Crippen MR) is 87.8 cm³/mol. The lowest BCUT2D eigenvalue weighted by atomic mass is 9.70. The number of rotatable bonds is 3. The van der Waals surface area contributed by atoms with Crippen molar-refractivity contribution in [2.24, 2.45) is 16.7 Å². The van der Waals surface area contributed by atoms with E-state index in [4.69, 9.17) is 4.74 Å². The molecular formula is C18H23BrO2. The van der Waals surface area contributed by atoms with Gasteiger partial charge in [0.15, 0.2) is 5.78 Å². The van der Waals surface area contributed by atoms with E-state index in [1.165, 1.54) is 12.8 Å². The van der Waals surface area contributed by atoms with E-state index in [1.807, 2.05) is 18.2 Å². The topological polar surface area (TPSA) is 26.3 Å². The molecule has 0 amide bonds. The molecule has 2 fully saturated rings. The molecule has 0 aromatic heterocycles. The number of Topliss-reactive ketones (excluding diaryl/α,β-unsaturated/α-hetero) is 1. The first-order valence-corrected chi connectivity index (χ1v) is 8.52. The third-order valence-electron chi connectivity index (χ3n) is 6.31. The Labute approximate surface area is 135 Å². The molecule has 1 aromatic carbocycles. The molecule has 0 radical (unpaired) electrons. The van der Waals surface area contributed by atoms with Gasteiger partial charge >= 0.3 is 0 Å². The third-order valence-corrected chi connectivity index (χ3v) is 6.97. The van der Waals surface area contributed by atoms with Gasteiger partial charge in [-0.05, 0) is 71.6 Å². The summed E-state index contributed by atoms with van der Waals surface area (Å²) < 4.78 is 7.14. The minimum Gasteiger partial charge on any atom is -0.490 e. The maximum atomic E-state index is 11.5. The highest BCUT2D eigenvalue weighted by molar-refractivity contribution is 9.10. The number of fused-ring (bicyclic) bond motifs is 2. The Kier molecular flexibility index (Phi) is 3.47. The van der Waals surface area contributed by atoms with Crippen molar-refractivity contribution < 1.29 is 9.53 Å². The number of ether oxygens (including phenoxy) is 1. The summed E-state index contributed by atoms with van der Waals surface area (Å²) in [5.74, 6) is 1.70. The molecule has 0 saturated heterocycles. The summed E-state index contributed by atoms with van der Waals surface area (Å²) >= 11 is 3.47. The summed E-state index contributed by atoms with van der Waals surface area (Å²) in [7, 11) is 0. The Bertz CT molecular complexity index is 593. The highest BCUT2D eigenvalue weighted by Gasteiger charge is 2.62. The van der Waals surface area contributed by atoms with Gasteiger partial charge in [0.2, 0.25) is 0 Å². The van der Waals surface area contributed by atoms with E-state index in [0.717, 1.165) is 22.6 Å². The van der Waals surface area contributed by atoms with Crippen molar-refractivity contribution >= 4 is 21.7 Å². The third kappa shape index (κ3) is 2.16.